The predicted octanol–water partition coefficient (Wildman–Crippen LogP) is 12.3. The zero-order valence-corrected chi connectivity index (χ0v) is 33.0. The summed E-state index contributed by atoms with van der Waals surface area (Å²) in [6.07, 6.45) is 9.47. The van der Waals surface area contributed by atoms with Gasteiger partial charge < -0.3 is 14.4 Å². The second kappa shape index (κ2) is 13.9. The van der Waals surface area contributed by atoms with Crippen molar-refractivity contribution in [2.24, 2.45) is 5.92 Å². The topological polar surface area (TPSA) is 93.1 Å². The molecule has 0 spiro atoms. The normalized spacial score (nSPS) is 17.5. The van der Waals surface area contributed by atoms with Crippen LogP contribution in [0.2, 0.25) is 0 Å². The van der Waals surface area contributed by atoms with E-state index in [1.54, 1.807) is 11.3 Å². The van der Waals surface area contributed by atoms with Gasteiger partial charge in [-0.2, -0.15) is 15.8 Å². The predicted molar refractivity (Wildman–Crippen MR) is 215 cm³/mol. The first-order chi connectivity index (χ1) is 24.6. The largest absolute Gasteiger partial charge is 0.479 e. The van der Waals surface area contributed by atoms with Crippen LogP contribution in [0.3, 0.4) is 0 Å². The van der Waals surface area contributed by atoms with Crippen molar-refractivity contribution in [2.45, 2.75) is 83.5 Å². The number of hydrogen-bond donors (Lipinski definition) is 0. The molecular weight excluding hydrogens is 709 g/mol. The van der Waals surface area contributed by atoms with Gasteiger partial charge in [-0.1, -0.05) is 44.9 Å². The van der Waals surface area contributed by atoms with E-state index in [2.05, 4.69) is 75.3 Å². The first kappa shape index (κ1) is 35.5. The summed E-state index contributed by atoms with van der Waals surface area (Å²) in [5.74, 6) is -0.0277. The molecule has 4 aromatic heterocycles. The fourth-order valence-corrected chi connectivity index (χ4v) is 12.6. The maximum atomic E-state index is 10.0. The number of nitrogens with zero attached hydrogens (tertiary/aromatic N) is 4. The monoisotopic (exact) mass is 748 g/mol. The average Bonchev–Trinajstić information content (AvgIpc) is 3.91. The SMILES string of the molecule is CCCCC1(CCCC)Oc2c(sc3cc(/C=C/C4=C(C#N)C(C(C#N)C#N)OC4(C)C)sc23)-c2sc3cc(-c4ccc(N(C)C)cc4)sc3c21. The van der Waals surface area contributed by atoms with Crippen LogP contribution >= 0.6 is 45.3 Å². The summed E-state index contributed by atoms with van der Waals surface area (Å²) in [6, 6.07) is 19.7. The molecule has 0 aliphatic carbocycles. The Hall–Kier alpha value is -3.95. The second-order valence-electron chi connectivity index (χ2n) is 14.0. The highest BCUT2D eigenvalue weighted by Crippen LogP contribution is 2.62. The number of fused-ring (bicyclic) bond motifs is 7. The molecule has 0 saturated carbocycles. The lowest BCUT2D eigenvalue weighted by Gasteiger charge is -2.38. The van der Waals surface area contributed by atoms with Crippen LogP contribution in [0.4, 0.5) is 5.69 Å². The van der Waals surface area contributed by atoms with Crippen molar-refractivity contribution in [1.29, 1.82) is 15.8 Å². The van der Waals surface area contributed by atoms with Crippen LogP contribution in [0.1, 0.15) is 76.7 Å². The summed E-state index contributed by atoms with van der Waals surface area (Å²) >= 11 is 7.35. The van der Waals surface area contributed by atoms with E-state index >= 15 is 0 Å². The van der Waals surface area contributed by atoms with Crippen LogP contribution in [0.25, 0.3) is 45.1 Å². The summed E-state index contributed by atoms with van der Waals surface area (Å²) in [7, 11) is 4.15. The fourth-order valence-electron chi connectivity index (χ4n) is 7.28. The third-order valence-corrected chi connectivity index (χ3v) is 14.9. The molecular formula is C41H40N4O2S4. The molecule has 1 atom stereocenters. The van der Waals surface area contributed by atoms with Gasteiger partial charge in [0.25, 0.3) is 0 Å². The number of rotatable bonds is 11. The molecule has 10 heteroatoms. The van der Waals surface area contributed by atoms with Gasteiger partial charge in [0.1, 0.15) is 11.7 Å². The summed E-state index contributed by atoms with van der Waals surface area (Å²) in [5.41, 5.74) is 3.71. The van der Waals surface area contributed by atoms with E-state index in [1.165, 1.54) is 50.2 Å². The highest BCUT2D eigenvalue weighted by atomic mass is 32.1. The van der Waals surface area contributed by atoms with Gasteiger partial charge in [-0.3, -0.25) is 0 Å². The first-order valence-electron chi connectivity index (χ1n) is 17.5. The lowest BCUT2D eigenvalue weighted by atomic mass is 9.82. The van der Waals surface area contributed by atoms with E-state index < -0.39 is 17.6 Å². The molecule has 6 heterocycles. The van der Waals surface area contributed by atoms with Gasteiger partial charge in [-0.05, 0) is 81.0 Å². The van der Waals surface area contributed by atoms with Gasteiger partial charge in [0.15, 0.2) is 11.7 Å². The Morgan fingerprint density at radius 3 is 2.16 bits per heavy atom. The summed E-state index contributed by atoms with van der Waals surface area (Å²) in [4.78, 5) is 7.09. The highest BCUT2D eigenvalue weighted by molar-refractivity contribution is 7.35. The quantitative estimate of drug-likeness (QED) is 0.133. The van der Waals surface area contributed by atoms with Crippen LogP contribution in [0, 0.1) is 39.9 Å². The Labute approximate surface area is 316 Å². The van der Waals surface area contributed by atoms with Crippen molar-refractivity contribution in [3.63, 3.8) is 0 Å². The van der Waals surface area contributed by atoms with Crippen molar-refractivity contribution in [3.05, 3.63) is 64.1 Å². The molecule has 0 radical (unpaired) electrons. The van der Waals surface area contributed by atoms with Crippen molar-refractivity contribution in [2.75, 3.05) is 19.0 Å². The molecule has 0 saturated heterocycles. The van der Waals surface area contributed by atoms with E-state index in [-0.39, 0.29) is 5.60 Å². The Balaban J connectivity index is 1.31. The van der Waals surface area contributed by atoms with E-state index in [4.69, 9.17) is 9.47 Å². The molecule has 2 aliphatic heterocycles. The van der Waals surface area contributed by atoms with E-state index in [0.29, 0.717) is 11.1 Å². The smallest absolute Gasteiger partial charge is 0.164 e. The number of thiophene rings is 4. The van der Waals surface area contributed by atoms with Gasteiger partial charge >= 0.3 is 0 Å². The minimum absolute atomic E-state index is 0.346. The van der Waals surface area contributed by atoms with Crippen LogP contribution in [-0.2, 0) is 10.3 Å². The molecule has 0 N–H and O–H groups in total. The summed E-state index contributed by atoms with van der Waals surface area (Å²) in [5, 5.41) is 29.1. The van der Waals surface area contributed by atoms with Crippen molar-refractivity contribution in [3.8, 4) is 44.2 Å². The lowest BCUT2D eigenvalue weighted by Crippen LogP contribution is -2.35. The van der Waals surface area contributed by atoms with Gasteiger partial charge in [-0.15, -0.1) is 45.3 Å². The van der Waals surface area contributed by atoms with Crippen molar-refractivity contribution in [1.82, 2.24) is 0 Å². The molecule has 0 fully saturated rings. The average molecular weight is 749 g/mol. The third-order valence-electron chi connectivity index (χ3n) is 9.96. The molecule has 0 amide bonds. The van der Waals surface area contributed by atoms with Gasteiger partial charge in [0.05, 0.1) is 53.2 Å². The van der Waals surface area contributed by atoms with E-state index in [0.717, 1.165) is 49.2 Å². The molecule has 260 valence electrons. The number of benzene rings is 1. The number of anilines is 1. The number of unbranched alkanes of at least 4 members (excludes halogenated alkanes) is 2. The minimum Gasteiger partial charge on any atom is -0.479 e. The zero-order valence-electron chi connectivity index (χ0n) is 29.8. The van der Waals surface area contributed by atoms with Gasteiger partial charge in [0.2, 0.25) is 0 Å². The molecule has 0 bridgehead atoms. The third kappa shape index (κ3) is 6.10. The number of hydrogen-bond acceptors (Lipinski definition) is 10. The molecule has 6 nitrogen and oxygen atoms in total. The lowest BCUT2D eigenvalue weighted by molar-refractivity contribution is -0.0123. The first-order valence-corrected chi connectivity index (χ1v) is 20.7. The van der Waals surface area contributed by atoms with Crippen LogP contribution < -0.4 is 9.64 Å². The standard InChI is InChI=1S/C41H40N4O2S4/c1-7-9-17-41(18-10-8-2)33-36-32(20-30(49-36)24-11-13-26(14-12-24)45(5)6)50-38(33)39-35(47-41)37-31(51-39)19-27(48-37)15-16-29-28(23-44)34(25(21-42)22-43)46-40(29,3)4/h11-16,19-20,25,34H,7-10,17-18H2,1-6H3/b16-15+. The van der Waals surface area contributed by atoms with Gasteiger partial charge in [0, 0.05) is 39.8 Å². The highest BCUT2D eigenvalue weighted by Gasteiger charge is 2.46. The Kier molecular flexibility index (Phi) is 9.65. The molecule has 5 aromatic rings. The summed E-state index contributed by atoms with van der Waals surface area (Å²) in [6.45, 7) is 8.29. The van der Waals surface area contributed by atoms with Gasteiger partial charge in [-0.25, -0.2) is 0 Å². The number of ether oxygens (including phenoxy) is 2. The van der Waals surface area contributed by atoms with Crippen LogP contribution in [0.5, 0.6) is 5.75 Å². The molecule has 1 aromatic carbocycles. The van der Waals surface area contributed by atoms with E-state index in [9.17, 15) is 15.8 Å². The second-order valence-corrected chi connectivity index (χ2v) is 18.3. The molecule has 51 heavy (non-hydrogen) atoms. The van der Waals surface area contributed by atoms with Crippen molar-refractivity contribution < 1.29 is 9.47 Å². The molecule has 7 rings (SSSR count). The van der Waals surface area contributed by atoms with E-state index in [1.807, 2.05) is 72.1 Å². The van der Waals surface area contributed by atoms with Crippen LogP contribution in [-0.4, -0.2) is 25.8 Å². The minimum atomic E-state index is -1.04. The van der Waals surface area contributed by atoms with Crippen LogP contribution in [0.15, 0.2) is 53.6 Å². The Morgan fingerprint density at radius 2 is 1.53 bits per heavy atom. The Morgan fingerprint density at radius 1 is 0.863 bits per heavy atom. The maximum Gasteiger partial charge on any atom is 0.164 e. The molecule has 1 unspecified atom stereocenters. The summed E-state index contributed by atoms with van der Waals surface area (Å²) < 4.78 is 18.6. The fraction of sp³-hybridized carbons (Fsp3) is 0.390. The van der Waals surface area contributed by atoms with Crippen molar-refractivity contribution >= 4 is 75.9 Å². The zero-order chi connectivity index (χ0) is 36.1. The molecule has 2 aliphatic rings. The number of nitriles is 3. The Bertz CT molecular complexity index is 2290. The maximum absolute atomic E-state index is 10.0.